The number of aliphatic hydroxyl groups is 3. The Labute approximate surface area is 298 Å². The average Bonchev–Trinajstić information content (AvgIpc) is 3.09. The Morgan fingerprint density at radius 3 is 1.33 bits per heavy atom. The van der Waals surface area contributed by atoms with Crippen molar-refractivity contribution in [3.8, 4) is 0 Å². The van der Waals surface area contributed by atoms with E-state index >= 15 is 0 Å². The highest BCUT2D eigenvalue weighted by Crippen LogP contribution is 2.15. The monoisotopic (exact) mass is 676 g/mol. The summed E-state index contributed by atoms with van der Waals surface area (Å²) in [5.41, 5.74) is 0. The van der Waals surface area contributed by atoms with Gasteiger partial charge in [-0.3, -0.25) is 4.79 Å². The van der Waals surface area contributed by atoms with E-state index in [1.807, 2.05) is 0 Å². The number of rotatable bonds is 37. The van der Waals surface area contributed by atoms with Crippen LogP contribution in [-0.4, -0.2) is 46.1 Å². The number of unbranched alkanes of at least 4 members (excludes halogenated alkanes) is 23. The van der Waals surface area contributed by atoms with Crippen molar-refractivity contribution in [3.05, 3.63) is 36.5 Å². The fourth-order valence-corrected chi connectivity index (χ4v) is 6.16. The third kappa shape index (κ3) is 33.1. The normalized spacial score (nSPS) is 14.0. The summed E-state index contributed by atoms with van der Waals surface area (Å²) in [5, 5.41) is 33.3. The molecule has 0 spiro atoms. The predicted octanol–water partition coefficient (Wildman–Crippen LogP) is 11.6. The highest BCUT2D eigenvalue weighted by molar-refractivity contribution is 5.76. The molecule has 0 aromatic heterocycles. The van der Waals surface area contributed by atoms with Crippen molar-refractivity contribution in [1.82, 2.24) is 5.32 Å². The molecular weight excluding hydrogens is 594 g/mol. The standard InChI is InChI=1S/C43H81NO4/c1-3-5-7-9-11-13-15-16-17-18-19-20-21-22-23-24-25-26-27-28-29-31-33-35-37-41(46)43(48)40(39-45)44-42(47)38-36-34-32-30-14-12-10-8-6-4-2/h10,12,25-26,29,31,40-41,43,45-46,48H,3-9,11,13-24,27-28,30,32-39H2,1-2H3,(H,44,47)/b12-10-,26-25+,31-29+. The van der Waals surface area contributed by atoms with Crippen molar-refractivity contribution in [1.29, 1.82) is 0 Å². The lowest BCUT2D eigenvalue weighted by molar-refractivity contribution is -0.124. The van der Waals surface area contributed by atoms with Gasteiger partial charge in [0.2, 0.25) is 5.91 Å². The Balaban J connectivity index is 3.67. The molecule has 0 bridgehead atoms. The SMILES string of the molecule is CCCC/C=C\CCCCCCC(=O)NC(CO)C(O)C(O)CCC/C=C/CC/C=C/CCCCCCCCCCCCCCCCC. The topological polar surface area (TPSA) is 89.8 Å². The van der Waals surface area contributed by atoms with E-state index < -0.39 is 18.2 Å². The zero-order valence-corrected chi connectivity index (χ0v) is 31.9. The molecule has 3 unspecified atom stereocenters. The summed E-state index contributed by atoms with van der Waals surface area (Å²) in [6.07, 6.45) is 46.9. The Morgan fingerprint density at radius 2 is 0.875 bits per heavy atom. The van der Waals surface area contributed by atoms with Gasteiger partial charge in [0.05, 0.1) is 18.8 Å². The van der Waals surface area contributed by atoms with Crippen LogP contribution >= 0.6 is 0 Å². The molecule has 4 N–H and O–H groups in total. The molecule has 0 aromatic rings. The molecule has 48 heavy (non-hydrogen) atoms. The van der Waals surface area contributed by atoms with Gasteiger partial charge in [-0.1, -0.05) is 166 Å². The summed E-state index contributed by atoms with van der Waals surface area (Å²) < 4.78 is 0. The van der Waals surface area contributed by atoms with Gasteiger partial charge in [-0.05, 0) is 70.6 Å². The van der Waals surface area contributed by atoms with E-state index in [2.05, 4.69) is 55.6 Å². The Bertz CT molecular complexity index is 749. The number of nitrogens with one attached hydrogen (secondary N) is 1. The molecule has 0 saturated carbocycles. The predicted molar refractivity (Wildman–Crippen MR) is 208 cm³/mol. The molecule has 282 valence electrons. The maximum atomic E-state index is 12.3. The van der Waals surface area contributed by atoms with Gasteiger partial charge >= 0.3 is 0 Å². The van der Waals surface area contributed by atoms with Crippen LogP contribution in [0.15, 0.2) is 36.5 Å². The third-order valence-corrected chi connectivity index (χ3v) is 9.44. The van der Waals surface area contributed by atoms with Crippen LogP contribution in [0.1, 0.15) is 206 Å². The lowest BCUT2D eigenvalue weighted by Crippen LogP contribution is -2.50. The van der Waals surface area contributed by atoms with E-state index in [4.69, 9.17) is 0 Å². The molecule has 0 aliphatic carbocycles. The van der Waals surface area contributed by atoms with Crippen LogP contribution in [0.2, 0.25) is 0 Å². The maximum Gasteiger partial charge on any atom is 0.220 e. The number of amides is 1. The van der Waals surface area contributed by atoms with Crippen molar-refractivity contribution >= 4 is 5.91 Å². The van der Waals surface area contributed by atoms with Gasteiger partial charge in [0, 0.05) is 6.42 Å². The second-order valence-electron chi connectivity index (χ2n) is 14.2. The molecule has 0 aliphatic heterocycles. The van der Waals surface area contributed by atoms with Gasteiger partial charge in [-0.25, -0.2) is 0 Å². The summed E-state index contributed by atoms with van der Waals surface area (Å²) in [6.45, 7) is 4.10. The van der Waals surface area contributed by atoms with Crippen molar-refractivity contribution in [2.45, 2.75) is 225 Å². The van der Waals surface area contributed by atoms with Crippen LogP contribution < -0.4 is 5.32 Å². The highest BCUT2D eigenvalue weighted by Gasteiger charge is 2.26. The lowest BCUT2D eigenvalue weighted by atomic mass is 10.0. The van der Waals surface area contributed by atoms with Gasteiger partial charge in [-0.2, -0.15) is 0 Å². The van der Waals surface area contributed by atoms with E-state index in [1.165, 1.54) is 116 Å². The highest BCUT2D eigenvalue weighted by atomic mass is 16.3. The minimum atomic E-state index is -1.17. The van der Waals surface area contributed by atoms with Crippen LogP contribution in [0.5, 0.6) is 0 Å². The number of allylic oxidation sites excluding steroid dienone is 6. The van der Waals surface area contributed by atoms with Crippen molar-refractivity contribution in [2.24, 2.45) is 0 Å². The van der Waals surface area contributed by atoms with Crippen LogP contribution in [0.4, 0.5) is 0 Å². The first-order chi connectivity index (χ1) is 23.6. The Morgan fingerprint density at radius 1 is 0.500 bits per heavy atom. The molecule has 1 amide bonds. The number of carbonyl (C=O) groups is 1. The molecule has 5 nitrogen and oxygen atoms in total. The summed E-state index contributed by atoms with van der Waals surface area (Å²) >= 11 is 0. The van der Waals surface area contributed by atoms with E-state index in [1.54, 1.807) is 0 Å². The van der Waals surface area contributed by atoms with E-state index in [9.17, 15) is 20.1 Å². The zero-order valence-electron chi connectivity index (χ0n) is 31.9. The van der Waals surface area contributed by atoms with Crippen molar-refractivity contribution in [3.63, 3.8) is 0 Å². The second-order valence-corrected chi connectivity index (χ2v) is 14.2. The Kier molecular flexibility index (Phi) is 37.2. The zero-order chi connectivity index (χ0) is 35.2. The molecular formula is C43H81NO4. The summed E-state index contributed by atoms with van der Waals surface area (Å²) in [7, 11) is 0. The van der Waals surface area contributed by atoms with E-state index in [-0.39, 0.29) is 12.5 Å². The smallest absolute Gasteiger partial charge is 0.220 e. The number of hydrogen-bond acceptors (Lipinski definition) is 4. The quantitative estimate of drug-likeness (QED) is 0.0390. The number of carbonyl (C=O) groups excluding carboxylic acids is 1. The molecule has 0 aromatic carbocycles. The van der Waals surface area contributed by atoms with Gasteiger partial charge < -0.3 is 20.6 Å². The van der Waals surface area contributed by atoms with Gasteiger partial charge in [-0.15, -0.1) is 0 Å². The van der Waals surface area contributed by atoms with Gasteiger partial charge in [0.15, 0.2) is 0 Å². The molecule has 0 fully saturated rings. The Hall–Kier alpha value is -1.43. The van der Waals surface area contributed by atoms with E-state index in [0.717, 1.165) is 64.2 Å². The van der Waals surface area contributed by atoms with Gasteiger partial charge in [0.1, 0.15) is 6.10 Å². The van der Waals surface area contributed by atoms with E-state index in [0.29, 0.717) is 12.8 Å². The third-order valence-electron chi connectivity index (χ3n) is 9.44. The molecule has 3 atom stereocenters. The average molecular weight is 676 g/mol. The first kappa shape index (κ1) is 46.6. The molecule has 0 aliphatic rings. The fraction of sp³-hybridized carbons (Fsp3) is 0.837. The number of hydrogen-bond donors (Lipinski definition) is 4. The van der Waals surface area contributed by atoms with Crippen LogP contribution in [0.25, 0.3) is 0 Å². The fourth-order valence-electron chi connectivity index (χ4n) is 6.16. The lowest BCUT2D eigenvalue weighted by Gasteiger charge is -2.26. The minimum absolute atomic E-state index is 0.174. The summed E-state index contributed by atoms with van der Waals surface area (Å²) in [4.78, 5) is 12.3. The van der Waals surface area contributed by atoms with Crippen LogP contribution in [0, 0.1) is 0 Å². The summed E-state index contributed by atoms with van der Waals surface area (Å²) in [6, 6.07) is -0.836. The van der Waals surface area contributed by atoms with Crippen molar-refractivity contribution < 1.29 is 20.1 Å². The summed E-state index contributed by atoms with van der Waals surface area (Å²) in [5.74, 6) is -0.174. The largest absolute Gasteiger partial charge is 0.394 e. The molecule has 0 saturated heterocycles. The molecule has 0 rings (SSSR count). The number of aliphatic hydroxyl groups excluding tert-OH is 3. The maximum absolute atomic E-state index is 12.3. The van der Waals surface area contributed by atoms with Crippen LogP contribution in [-0.2, 0) is 4.79 Å². The molecule has 0 radical (unpaired) electrons. The molecule has 0 heterocycles. The van der Waals surface area contributed by atoms with Crippen molar-refractivity contribution in [2.75, 3.05) is 6.61 Å². The first-order valence-electron chi connectivity index (χ1n) is 20.8. The molecule has 5 heteroatoms. The van der Waals surface area contributed by atoms with Crippen LogP contribution in [0.3, 0.4) is 0 Å². The first-order valence-corrected chi connectivity index (χ1v) is 20.8. The van der Waals surface area contributed by atoms with Gasteiger partial charge in [0.25, 0.3) is 0 Å². The minimum Gasteiger partial charge on any atom is -0.394 e. The second kappa shape index (κ2) is 38.4.